The molecule has 1 aliphatic rings. The highest BCUT2D eigenvalue weighted by Gasteiger charge is 2.19. The summed E-state index contributed by atoms with van der Waals surface area (Å²) in [6.07, 6.45) is 6.27. The van der Waals surface area contributed by atoms with Gasteiger partial charge >= 0.3 is 0 Å². The SMILES string of the molecule is COc1cc([C@@H](C)NC(=O)CCc2ccsc2)ccc1OC1CCCC1. The molecule has 1 heterocycles. The van der Waals surface area contributed by atoms with Crippen LogP contribution in [0.25, 0.3) is 0 Å². The Balaban J connectivity index is 1.57. The predicted octanol–water partition coefficient (Wildman–Crippen LogP) is 4.89. The fourth-order valence-electron chi connectivity index (χ4n) is 3.33. The molecule has 1 amide bonds. The first kappa shape index (κ1) is 18.8. The van der Waals surface area contributed by atoms with Crippen molar-refractivity contribution in [3.8, 4) is 11.5 Å². The highest BCUT2D eigenvalue weighted by Crippen LogP contribution is 2.33. The van der Waals surface area contributed by atoms with Gasteiger partial charge in [-0.3, -0.25) is 4.79 Å². The van der Waals surface area contributed by atoms with Gasteiger partial charge in [0.15, 0.2) is 11.5 Å². The largest absolute Gasteiger partial charge is 0.493 e. The topological polar surface area (TPSA) is 47.6 Å². The maximum absolute atomic E-state index is 12.2. The molecule has 1 fully saturated rings. The Labute approximate surface area is 159 Å². The van der Waals surface area contributed by atoms with E-state index in [4.69, 9.17) is 9.47 Å². The molecule has 1 atom stereocenters. The fraction of sp³-hybridized carbons (Fsp3) is 0.476. The minimum atomic E-state index is -0.0700. The molecule has 26 heavy (non-hydrogen) atoms. The number of aryl methyl sites for hydroxylation is 1. The van der Waals surface area contributed by atoms with Gasteiger partial charge in [-0.15, -0.1) is 0 Å². The molecule has 3 rings (SSSR count). The maximum Gasteiger partial charge on any atom is 0.220 e. The van der Waals surface area contributed by atoms with E-state index in [-0.39, 0.29) is 11.9 Å². The Kier molecular flexibility index (Phi) is 6.56. The third-order valence-corrected chi connectivity index (χ3v) is 5.61. The summed E-state index contributed by atoms with van der Waals surface area (Å²) in [4.78, 5) is 12.2. The minimum Gasteiger partial charge on any atom is -0.493 e. The van der Waals surface area contributed by atoms with Gasteiger partial charge in [0.25, 0.3) is 0 Å². The Morgan fingerprint density at radius 2 is 2.08 bits per heavy atom. The second-order valence-electron chi connectivity index (χ2n) is 6.86. The summed E-state index contributed by atoms with van der Waals surface area (Å²) in [5, 5.41) is 7.20. The van der Waals surface area contributed by atoms with Gasteiger partial charge < -0.3 is 14.8 Å². The molecule has 0 saturated heterocycles. The normalized spacial score (nSPS) is 15.6. The lowest BCUT2D eigenvalue weighted by Gasteiger charge is -2.19. The highest BCUT2D eigenvalue weighted by molar-refractivity contribution is 7.07. The van der Waals surface area contributed by atoms with Crippen LogP contribution in [0.4, 0.5) is 0 Å². The predicted molar refractivity (Wildman–Crippen MR) is 105 cm³/mol. The van der Waals surface area contributed by atoms with Crippen molar-refractivity contribution < 1.29 is 14.3 Å². The van der Waals surface area contributed by atoms with Gasteiger partial charge in [0, 0.05) is 6.42 Å². The summed E-state index contributed by atoms with van der Waals surface area (Å²) in [5.41, 5.74) is 2.23. The lowest BCUT2D eigenvalue weighted by atomic mass is 10.1. The lowest BCUT2D eigenvalue weighted by molar-refractivity contribution is -0.121. The third kappa shape index (κ3) is 5.01. The van der Waals surface area contributed by atoms with Crippen molar-refractivity contribution in [1.82, 2.24) is 5.32 Å². The van der Waals surface area contributed by atoms with E-state index in [2.05, 4.69) is 16.8 Å². The molecule has 1 saturated carbocycles. The number of methoxy groups -OCH3 is 1. The average Bonchev–Trinajstić information content (AvgIpc) is 3.34. The molecule has 1 aliphatic carbocycles. The number of thiophene rings is 1. The van der Waals surface area contributed by atoms with Crippen molar-refractivity contribution in [2.45, 2.75) is 57.6 Å². The molecule has 5 heteroatoms. The number of benzene rings is 1. The first-order valence-electron chi connectivity index (χ1n) is 9.30. The van der Waals surface area contributed by atoms with Gasteiger partial charge in [-0.2, -0.15) is 11.3 Å². The van der Waals surface area contributed by atoms with Crippen LogP contribution < -0.4 is 14.8 Å². The first-order valence-corrected chi connectivity index (χ1v) is 10.2. The summed E-state index contributed by atoms with van der Waals surface area (Å²) in [5.74, 6) is 1.59. The Morgan fingerprint density at radius 1 is 1.27 bits per heavy atom. The first-order chi connectivity index (χ1) is 12.7. The van der Waals surface area contributed by atoms with Crippen molar-refractivity contribution in [2.75, 3.05) is 7.11 Å². The van der Waals surface area contributed by atoms with Gasteiger partial charge in [-0.05, 0) is 79.1 Å². The van der Waals surface area contributed by atoms with Crippen LogP contribution in [0.2, 0.25) is 0 Å². The molecule has 1 aromatic carbocycles. The van der Waals surface area contributed by atoms with Crippen LogP contribution in [0.15, 0.2) is 35.0 Å². The van der Waals surface area contributed by atoms with Crippen LogP contribution in [-0.4, -0.2) is 19.1 Å². The number of hydrogen-bond acceptors (Lipinski definition) is 4. The maximum atomic E-state index is 12.2. The lowest BCUT2D eigenvalue weighted by Crippen LogP contribution is -2.26. The van der Waals surface area contributed by atoms with E-state index in [9.17, 15) is 4.79 Å². The zero-order chi connectivity index (χ0) is 18.4. The zero-order valence-electron chi connectivity index (χ0n) is 15.5. The van der Waals surface area contributed by atoms with Crippen molar-refractivity contribution in [2.24, 2.45) is 0 Å². The molecule has 1 aromatic heterocycles. The summed E-state index contributed by atoms with van der Waals surface area (Å²) < 4.78 is 11.6. The number of rotatable bonds is 8. The Morgan fingerprint density at radius 3 is 2.77 bits per heavy atom. The van der Waals surface area contributed by atoms with E-state index in [0.29, 0.717) is 12.5 Å². The number of nitrogens with one attached hydrogen (secondary N) is 1. The van der Waals surface area contributed by atoms with Crippen LogP contribution >= 0.6 is 11.3 Å². The molecule has 0 aliphatic heterocycles. The second kappa shape index (κ2) is 9.08. The second-order valence-corrected chi connectivity index (χ2v) is 7.64. The standard InChI is InChI=1S/C21H27NO3S/c1-15(22-21(23)10-7-16-11-12-26-14-16)17-8-9-19(20(13-17)24-2)25-18-5-3-4-6-18/h8-9,11-15,18H,3-7,10H2,1-2H3,(H,22,23)/t15-/m1/s1. The van der Waals surface area contributed by atoms with Crippen molar-refractivity contribution in [3.05, 3.63) is 46.2 Å². The van der Waals surface area contributed by atoms with Crippen LogP contribution in [0, 0.1) is 0 Å². The summed E-state index contributed by atoms with van der Waals surface area (Å²) in [6, 6.07) is 7.93. The quantitative estimate of drug-likeness (QED) is 0.717. The Bertz CT molecular complexity index is 708. The average molecular weight is 374 g/mol. The molecule has 140 valence electrons. The van der Waals surface area contributed by atoms with E-state index in [0.717, 1.165) is 36.3 Å². The monoisotopic (exact) mass is 373 g/mol. The van der Waals surface area contributed by atoms with Crippen LogP contribution in [0.1, 0.15) is 56.2 Å². The van der Waals surface area contributed by atoms with E-state index < -0.39 is 0 Å². The van der Waals surface area contributed by atoms with Gasteiger partial charge in [0.2, 0.25) is 5.91 Å². The molecule has 4 nitrogen and oxygen atoms in total. The number of carbonyl (C=O) groups excluding carboxylic acids is 1. The molecule has 0 spiro atoms. The molecule has 0 bridgehead atoms. The summed E-state index contributed by atoms with van der Waals surface area (Å²) in [6.45, 7) is 1.99. The molecule has 1 N–H and O–H groups in total. The molecular weight excluding hydrogens is 346 g/mol. The van der Waals surface area contributed by atoms with Crippen LogP contribution in [0.3, 0.4) is 0 Å². The highest BCUT2D eigenvalue weighted by atomic mass is 32.1. The number of amides is 1. The van der Waals surface area contributed by atoms with Gasteiger partial charge in [-0.25, -0.2) is 0 Å². The van der Waals surface area contributed by atoms with E-state index in [1.165, 1.54) is 18.4 Å². The van der Waals surface area contributed by atoms with Gasteiger partial charge in [0.1, 0.15) is 0 Å². The fourth-order valence-corrected chi connectivity index (χ4v) is 4.03. The molecule has 0 radical (unpaired) electrons. The number of carbonyl (C=O) groups is 1. The third-order valence-electron chi connectivity index (χ3n) is 4.88. The van der Waals surface area contributed by atoms with Crippen molar-refractivity contribution in [3.63, 3.8) is 0 Å². The minimum absolute atomic E-state index is 0.0638. The van der Waals surface area contributed by atoms with Gasteiger partial charge in [-0.1, -0.05) is 6.07 Å². The Hall–Kier alpha value is -2.01. The molecule has 2 aromatic rings. The zero-order valence-corrected chi connectivity index (χ0v) is 16.3. The molecular formula is C21H27NO3S. The summed E-state index contributed by atoms with van der Waals surface area (Å²) >= 11 is 1.66. The van der Waals surface area contributed by atoms with E-state index in [1.54, 1.807) is 18.4 Å². The van der Waals surface area contributed by atoms with E-state index >= 15 is 0 Å². The number of ether oxygens (including phenoxy) is 2. The summed E-state index contributed by atoms with van der Waals surface area (Å²) in [7, 11) is 1.66. The number of hydrogen-bond donors (Lipinski definition) is 1. The smallest absolute Gasteiger partial charge is 0.220 e. The molecule has 0 unspecified atom stereocenters. The van der Waals surface area contributed by atoms with Crippen LogP contribution in [-0.2, 0) is 11.2 Å². The van der Waals surface area contributed by atoms with Crippen molar-refractivity contribution >= 4 is 17.2 Å². The van der Waals surface area contributed by atoms with Crippen molar-refractivity contribution in [1.29, 1.82) is 0 Å². The van der Waals surface area contributed by atoms with E-state index in [1.807, 2.05) is 30.5 Å². The van der Waals surface area contributed by atoms with Gasteiger partial charge in [0.05, 0.1) is 19.3 Å². The van der Waals surface area contributed by atoms with Crippen LogP contribution in [0.5, 0.6) is 11.5 Å².